The highest BCUT2D eigenvalue weighted by atomic mass is 79.9. The first-order chi connectivity index (χ1) is 13.6. The Morgan fingerprint density at radius 3 is 3.04 bits per heavy atom. The van der Waals surface area contributed by atoms with Crippen molar-refractivity contribution in [1.29, 1.82) is 0 Å². The van der Waals surface area contributed by atoms with E-state index in [1.165, 1.54) is 12.4 Å². The molecule has 8 nitrogen and oxygen atoms in total. The molecule has 0 saturated heterocycles. The normalized spacial score (nSPS) is 19.6. The number of rotatable bonds is 6. The van der Waals surface area contributed by atoms with Crippen molar-refractivity contribution >= 4 is 33.2 Å². The lowest BCUT2D eigenvalue weighted by molar-refractivity contribution is -0.605. The number of halogens is 1. The van der Waals surface area contributed by atoms with Gasteiger partial charge in [0.2, 0.25) is 0 Å². The number of aliphatic hydroxyl groups is 1. The third kappa shape index (κ3) is 4.05. The fourth-order valence-corrected chi connectivity index (χ4v) is 4.09. The van der Waals surface area contributed by atoms with Gasteiger partial charge in [0.05, 0.1) is 10.7 Å². The average Bonchev–Trinajstić information content (AvgIpc) is 3.08. The van der Waals surface area contributed by atoms with Gasteiger partial charge in [-0.05, 0) is 34.8 Å². The van der Waals surface area contributed by atoms with E-state index in [2.05, 4.69) is 31.7 Å². The summed E-state index contributed by atoms with van der Waals surface area (Å²) < 4.78 is 3.32. The molecule has 3 N–H and O–H groups in total. The van der Waals surface area contributed by atoms with E-state index in [9.17, 15) is 10.3 Å². The van der Waals surface area contributed by atoms with Gasteiger partial charge < -0.3 is 20.9 Å². The van der Waals surface area contributed by atoms with E-state index in [1.54, 1.807) is 16.8 Å². The molecule has 9 heteroatoms. The summed E-state index contributed by atoms with van der Waals surface area (Å²) in [6, 6.07) is 5.74. The summed E-state index contributed by atoms with van der Waals surface area (Å²) in [4.78, 5) is 4.69. The van der Waals surface area contributed by atoms with Gasteiger partial charge in [-0.3, -0.25) is 0 Å². The van der Waals surface area contributed by atoms with Crippen LogP contribution in [0.3, 0.4) is 0 Å². The molecule has 0 spiro atoms. The van der Waals surface area contributed by atoms with Gasteiger partial charge in [0, 0.05) is 42.8 Å². The number of nitrogens with one attached hydrogen (secondary N) is 2. The Morgan fingerprint density at radius 1 is 1.36 bits per heavy atom. The maximum atomic E-state index is 11.5. The molecule has 2 unspecified atom stereocenters. The molecule has 148 valence electrons. The van der Waals surface area contributed by atoms with E-state index >= 15 is 0 Å². The lowest BCUT2D eigenvalue weighted by Gasteiger charge is -2.31. The monoisotopic (exact) mass is 446 g/mol. The molecule has 4 rings (SSSR count). The van der Waals surface area contributed by atoms with Crippen LogP contribution < -0.4 is 15.4 Å². The van der Waals surface area contributed by atoms with Crippen LogP contribution in [0.5, 0.6) is 0 Å². The number of aromatic nitrogens is 4. The Hall–Kier alpha value is -2.39. The Morgan fingerprint density at radius 2 is 2.21 bits per heavy atom. The summed E-state index contributed by atoms with van der Waals surface area (Å²) in [5.41, 5.74) is 1.58. The topological polar surface area (TPSA) is 101 Å². The summed E-state index contributed by atoms with van der Waals surface area (Å²) in [6.45, 7) is 0.673. The molecule has 0 aliphatic heterocycles. The number of fused-ring (bicyclic) bond motifs is 1. The number of pyridine rings is 1. The Balaban J connectivity index is 1.60. The quantitative estimate of drug-likeness (QED) is 0.397. The van der Waals surface area contributed by atoms with Crippen LogP contribution in [0.25, 0.3) is 5.65 Å². The van der Waals surface area contributed by atoms with Gasteiger partial charge in [-0.2, -0.15) is 14.3 Å². The zero-order valence-corrected chi connectivity index (χ0v) is 17.0. The second-order valence-corrected chi connectivity index (χ2v) is 8.01. The third-order valence-corrected chi connectivity index (χ3v) is 5.78. The lowest BCUT2D eigenvalue weighted by atomic mass is 9.85. The summed E-state index contributed by atoms with van der Waals surface area (Å²) in [5, 5.41) is 32.4. The van der Waals surface area contributed by atoms with Crippen molar-refractivity contribution in [3.05, 3.63) is 52.0 Å². The molecule has 0 amide bonds. The van der Waals surface area contributed by atoms with E-state index < -0.39 is 0 Å². The van der Waals surface area contributed by atoms with Gasteiger partial charge in [-0.15, -0.1) is 0 Å². The SMILES string of the molecule is [O-][n+]1cccc(CNc2cc(NC3CCCCC3CO)nc3c(Br)cnn23)c1. The minimum Gasteiger partial charge on any atom is -0.619 e. The maximum absolute atomic E-state index is 11.5. The predicted molar refractivity (Wildman–Crippen MR) is 110 cm³/mol. The highest BCUT2D eigenvalue weighted by molar-refractivity contribution is 9.10. The fraction of sp³-hybridized carbons (Fsp3) is 0.421. The van der Waals surface area contributed by atoms with E-state index in [0.29, 0.717) is 12.2 Å². The van der Waals surface area contributed by atoms with Crippen molar-refractivity contribution in [2.75, 3.05) is 17.2 Å². The summed E-state index contributed by atoms with van der Waals surface area (Å²) >= 11 is 3.51. The molecule has 2 atom stereocenters. The minimum atomic E-state index is 0.185. The zero-order valence-electron chi connectivity index (χ0n) is 15.4. The van der Waals surface area contributed by atoms with Gasteiger partial charge in [-0.25, -0.2) is 4.98 Å². The highest BCUT2D eigenvalue weighted by Crippen LogP contribution is 2.28. The van der Waals surface area contributed by atoms with Crippen molar-refractivity contribution in [2.45, 2.75) is 38.3 Å². The largest absolute Gasteiger partial charge is 0.619 e. The van der Waals surface area contributed by atoms with Gasteiger partial charge in [0.15, 0.2) is 18.0 Å². The summed E-state index contributed by atoms with van der Waals surface area (Å²) in [7, 11) is 0. The van der Waals surface area contributed by atoms with E-state index in [-0.39, 0.29) is 18.6 Å². The molecule has 1 aliphatic carbocycles. The molecule has 3 aromatic rings. The van der Waals surface area contributed by atoms with Crippen LogP contribution in [0, 0.1) is 11.1 Å². The molecule has 0 aromatic carbocycles. The van der Waals surface area contributed by atoms with Crippen molar-refractivity contribution in [2.24, 2.45) is 5.92 Å². The molecule has 3 aromatic heterocycles. The number of hydrogen-bond acceptors (Lipinski definition) is 6. The Labute approximate surface area is 171 Å². The number of nitrogens with zero attached hydrogens (tertiary/aromatic N) is 4. The van der Waals surface area contributed by atoms with E-state index in [4.69, 9.17) is 4.98 Å². The third-order valence-electron chi connectivity index (χ3n) is 5.22. The van der Waals surface area contributed by atoms with Crippen molar-refractivity contribution in [3.8, 4) is 0 Å². The molecule has 1 saturated carbocycles. The number of aliphatic hydroxyl groups excluding tert-OH is 1. The second-order valence-electron chi connectivity index (χ2n) is 7.16. The number of hydrogen-bond donors (Lipinski definition) is 3. The highest BCUT2D eigenvalue weighted by Gasteiger charge is 2.25. The molecule has 28 heavy (non-hydrogen) atoms. The van der Waals surface area contributed by atoms with Crippen LogP contribution in [0.2, 0.25) is 0 Å². The van der Waals surface area contributed by atoms with Crippen molar-refractivity contribution in [3.63, 3.8) is 0 Å². The van der Waals surface area contributed by atoms with Gasteiger partial charge in [-0.1, -0.05) is 12.8 Å². The molecule has 1 fully saturated rings. The smallest absolute Gasteiger partial charge is 0.185 e. The molecule has 0 bridgehead atoms. The van der Waals surface area contributed by atoms with Crippen LogP contribution in [0.4, 0.5) is 11.6 Å². The van der Waals surface area contributed by atoms with Gasteiger partial charge >= 0.3 is 0 Å². The van der Waals surface area contributed by atoms with Crippen molar-refractivity contribution in [1.82, 2.24) is 14.6 Å². The van der Waals surface area contributed by atoms with E-state index in [0.717, 1.165) is 52.1 Å². The fourth-order valence-electron chi connectivity index (χ4n) is 3.74. The molecular weight excluding hydrogens is 424 g/mol. The van der Waals surface area contributed by atoms with Crippen LogP contribution in [0.15, 0.2) is 41.3 Å². The van der Waals surface area contributed by atoms with Crippen LogP contribution in [0.1, 0.15) is 31.2 Å². The first kappa shape index (κ1) is 18.9. The van der Waals surface area contributed by atoms with Gasteiger partial charge in [0.1, 0.15) is 11.6 Å². The van der Waals surface area contributed by atoms with Crippen LogP contribution >= 0.6 is 15.9 Å². The van der Waals surface area contributed by atoms with E-state index in [1.807, 2.05) is 12.1 Å². The molecular formula is C19H23BrN6O2. The standard InChI is InChI=1S/C19H23BrN6O2/c20-15-10-22-26-18(21-9-13-4-3-7-25(28)11-13)8-17(24-19(15)26)23-16-6-2-1-5-14(16)12-27/h3-4,7-8,10-11,14,16,21,27H,1-2,5-6,9,12H2,(H,23,24). The minimum absolute atomic E-state index is 0.185. The summed E-state index contributed by atoms with van der Waals surface area (Å²) in [6.07, 6.45) is 9.08. The lowest BCUT2D eigenvalue weighted by Crippen LogP contribution is -2.34. The Bertz CT molecular complexity index is 963. The average molecular weight is 447 g/mol. The zero-order chi connectivity index (χ0) is 19.5. The molecule has 0 radical (unpaired) electrons. The molecule has 3 heterocycles. The Kier molecular flexibility index (Phi) is 5.63. The summed E-state index contributed by atoms with van der Waals surface area (Å²) in [5.74, 6) is 1.76. The molecule has 1 aliphatic rings. The van der Waals surface area contributed by atoms with Gasteiger partial charge in [0.25, 0.3) is 0 Å². The first-order valence-electron chi connectivity index (χ1n) is 9.47. The first-order valence-corrected chi connectivity index (χ1v) is 10.3. The van der Waals surface area contributed by atoms with Crippen molar-refractivity contribution < 1.29 is 9.84 Å². The van der Waals surface area contributed by atoms with Crippen LogP contribution in [-0.4, -0.2) is 32.4 Å². The predicted octanol–water partition coefficient (Wildman–Crippen LogP) is 2.70. The maximum Gasteiger partial charge on any atom is 0.185 e. The number of anilines is 2. The second kappa shape index (κ2) is 8.32. The van der Waals surface area contributed by atoms with Crippen LogP contribution in [-0.2, 0) is 6.54 Å².